The van der Waals surface area contributed by atoms with Crippen molar-refractivity contribution >= 4 is 10.0 Å². The van der Waals surface area contributed by atoms with Crippen LogP contribution in [0.5, 0.6) is 0 Å². The van der Waals surface area contributed by atoms with E-state index in [9.17, 15) is 8.42 Å². The van der Waals surface area contributed by atoms with E-state index in [0.717, 1.165) is 0 Å². The highest BCUT2D eigenvalue weighted by molar-refractivity contribution is 7.89. The van der Waals surface area contributed by atoms with Gasteiger partial charge in [0.1, 0.15) is 0 Å². The normalized spacial score (nSPS) is 26.3. The topological polar surface area (TPSA) is 71.3 Å². The molecular formula is C9H14N2O3S. The Morgan fingerprint density at radius 3 is 2.67 bits per heavy atom. The number of hydrogen-bond acceptors (Lipinski definition) is 3. The number of nitrogens with one attached hydrogen (secondary N) is 1. The minimum atomic E-state index is -3.40. The van der Waals surface area contributed by atoms with E-state index in [2.05, 4.69) is 4.72 Å². The van der Waals surface area contributed by atoms with Gasteiger partial charge in [0.25, 0.3) is 0 Å². The van der Waals surface area contributed by atoms with Gasteiger partial charge in [-0.3, -0.25) is 0 Å². The average Bonchev–Trinajstić information content (AvgIpc) is 2.49. The summed E-state index contributed by atoms with van der Waals surface area (Å²) in [5.74, 6) is 0. The second-order valence-corrected chi connectivity index (χ2v) is 5.67. The number of hydrogen-bond donors (Lipinski definition) is 2. The Hall–Kier alpha value is -0.850. The molecule has 0 unspecified atom stereocenters. The molecule has 0 bridgehead atoms. The van der Waals surface area contributed by atoms with Crippen LogP contribution in [0.1, 0.15) is 12.8 Å². The van der Waals surface area contributed by atoms with Gasteiger partial charge < -0.3 is 9.67 Å². The van der Waals surface area contributed by atoms with Gasteiger partial charge in [0.05, 0.1) is 11.0 Å². The van der Waals surface area contributed by atoms with Crippen molar-refractivity contribution in [1.29, 1.82) is 0 Å². The summed E-state index contributed by atoms with van der Waals surface area (Å²) in [5.41, 5.74) is 0. The first-order valence-corrected chi connectivity index (χ1v) is 6.28. The molecule has 1 heterocycles. The molecule has 0 aromatic carbocycles. The largest absolute Gasteiger partial charge is 0.393 e. The lowest BCUT2D eigenvalue weighted by Gasteiger charge is -2.31. The van der Waals surface area contributed by atoms with Crippen LogP contribution in [-0.4, -0.2) is 30.2 Å². The number of aliphatic hydroxyl groups excluding tert-OH is 1. The lowest BCUT2D eigenvalue weighted by Crippen LogP contribution is -2.46. The molecular weight excluding hydrogens is 216 g/mol. The van der Waals surface area contributed by atoms with Crippen LogP contribution in [-0.2, 0) is 17.1 Å². The van der Waals surface area contributed by atoms with Crippen LogP contribution in [0, 0.1) is 0 Å². The summed E-state index contributed by atoms with van der Waals surface area (Å²) in [6.45, 7) is 0. The fraction of sp³-hybridized carbons (Fsp3) is 0.556. The maximum atomic E-state index is 11.7. The second kappa shape index (κ2) is 3.62. The summed E-state index contributed by atoms with van der Waals surface area (Å²) in [6.07, 6.45) is 3.90. The zero-order valence-electron chi connectivity index (χ0n) is 8.42. The molecule has 0 aliphatic heterocycles. The smallest absolute Gasteiger partial charge is 0.242 e. The van der Waals surface area contributed by atoms with Crippen LogP contribution in [0.25, 0.3) is 0 Å². The summed E-state index contributed by atoms with van der Waals surface area (Å²) < 4.78 is 27.7. The summed E-state index contributed by atoms with van der Waals surface area (Å²) >= 11 is 0. The van der Waals surface area contributed by atoms with E-state index in [0.29, 0.717) is 12.8 Å². The van der Waals surface area contributed by atoms with Gasteiger partial charge in [-0.05, 0) is 18.9 Å². The molecule has 0 atom stereocenters. The summed E-state index contributed by atoms with van der Waals surface area (Å²) in [4.78, 5) is 0.270. The average molecular weight is 230 g/mol. The third kappa shape index (κ3) is 2.22. The first kappa shape index (κ1) is 10.7. The van der Waals surface area contributed by atoms with Gasteiger partial charge in [-0.25, -0.2) is 13.1 Å². The fourth-order valence-electron chi connectivity index (χ4n) is 1.61. The fourth-order valence-corrected chi connectivity index (χ4v) is 2.92. The van der Waals surface area contributed by atoms with Crippen molar-refractivity contribution in [3.8, 4) is 0 Å². The standard InChI is InChI=1S/C9H14N2O3S/c1-11-3-2-9(6-11)15(13,14)10-7-4-8(12)5-7/h2-3,6-8,10,12H,4-5H2,1H3. The molecule has 1 aromatic heterocycles. The highest BCUT2D eigenvalue weighted by Gasteiger charge is 2.31. The van der Waals surface area contributed by atoms with Gasteiger partial charge in [-0.15, -0.1) is 0 Å². The minimum absolute atomic E-state index is 0.120. The lowest BCUT2D eigenvalue weighted by molar-refractivity contribution is 0.0712. The van der Waals surface area contributed by atoms with Gasteiger partial charge in [-0.1, -0.05) is 0 Å². The van der Waals surface area contributed by atoms with Crippen LogP contribution >= 0.6 is 0 Å². The van der Waals surface area contributed by atoms with Gasteiger partial charge in [0.15, 0.2) is 0 Å². The number of aryl methyl sites for hydroxylation is 1. The van der Waals surface area contributed by atoms with Crippen LogP contribution in [0.15, 0.2) is 23.4 Å². The third-order valence-corrected chi connectivity index (χ3v) is 4.06. The molecule has 15 heavy (non-hydrogen) atoms. The summed E-state index contributed by atoms with van der Waals surface area (Å²) in [5, 5.41) is 9.05. The maximum absolute atomic E-state index is 11.7. The number of aromatic nitrogens is 1. The van der Waals surface area contributed by atoms with Crippen molar-refractivity contribution in [2.24, 2.45) is 7.05 Å². The van der Waals surface area contributed by atoms with Gasteiger partial charge in [0, 0.05) is 25.5 Å². The molecule has 6 heteroatoms. The van der Waals surface area contributed by atoms with E-state index in [1.165, 1.54) is 0 Å². The number of rotatable bonds is 3. The Bertz CT molecular complexity index is 446. The van der Waals surface area contributed by atoms with Crippen LogP contribution in [0.2, 0.25) is 0 Å². The molecule has 1 aromatic rings. The van der Waals surface area contributed by atoms with Gasteiger partial charge >= 0.3 is 0 Å². The Balaban J connectivity index is 2.07. The zero-order chi connectivity index (χ0) is 11.1. The molecule has 1 aliphatic carbocycles. The quantitative estimate of drug-likeness (QED) is 0.757. The van der Waals surface area contributed by atoms with Crippen molar-refractivity contribution in [3.05, 3.63) is 18.5 Å². The predicted molar refractivity (Wildman–Crippen MR) is 54.8 cm³/mol. The maximum Gasteiger partial charge on any atom is 0.242 e. The highest BCUT2D eigenvalue weighted by Crippen LogP contribution is 2.21. The summed E-state index contributed by atoms with van der Waals surface area (Å²) in [6, 6.07) is 1.43. The minimum Gasteiger partial charge on any atom is -0.393 e. The zero-order valence-corrected chi connectivity index (χ0v) is 9.24. The van der Waals surface area contributed by atoms with Crippen LogP contribution in [0.3, 0.4) is 0 Å². The van der Waals surface area contributed by atoms with E-state index < -0.39 is 10.0 Å². The van der Waals surface area contributed by atoms with E-state index in [-0.39, 0.29) is 17.0 Å². The van der Waals surface area contributed by atoms with Crippen LogP contribution in [0.4, 0.5) is 0 Å². The van der Waals surface area contributed by atoms with Gasteiger partial charge in [-0.2, -0.15) is 0 Å². The Morgan fingerprint density at radius 2 is 2.20 bits per heavy atom. The molecule has 0 saturated heterocycles. The van der Waals surface area contributed by atoms with Gasteiger partial charge in [0.2, 0.25) is 10.0 Å². The van der Waals surface area contributed by atoms with E-state index in [1.54, 1.807) is 30.1 Å². The molecule has 0 radical (unpaired) electrons. The lowest BCUT2D eigenvalue weighted by atomic mass is 9.91. The van der Waals surface area contributed by atoms with E-state index in [1.807, 2.05) is 0 Å². The SMILES string of the molecule is Cn1ccc(S(=O)(=O)NC2CC(O)C2)c1. The molecule has 5 nitrogen and oxygen atoms in total. The highest BCUT2D eigenvalue weighted by atomic mass is 32.2. The molecule has 0 spiro atoms. The van der Waals surface area contributed by atoms with Crippen molar-refractivity contribution in [2.75, 3.05) is 0 Å². The first-order valence-electron chi connectivity index (χ1n) is 4.80. The molecule has 1 fully saturated rings. The molecule has 1 aliphatic rings. The first-order chi connectivity index (χ1) is 6.97. The van der Waals surface area contributed by atoms with E-state index in [4.69, 9.17) is 5.11 Å². The third-order valence-electron chi connectivity index (χ3n) is 2.55. The molecule has 1 saturated carbocycles. The van der Waals surface area contributed by atoms with Crippen LogP contribution < -0.4 is 4.72 Å². The second-order valence-electron chi connectivity index (χ2n) is 3.96. The monoisotopic (exact) mass is 230 g/mol. The van der Waals surface area contributed by atoms with Crippen molar-refractivity contribution in [2.45, 2.75) is 29.9 Å². The molecule has 0 amide bonds. The van der Waals surface area contributed by atoms with Crippen molar-refractivity contribution < 1.29 is 13.5 Å². The summed E-state index contributed by atoms with van der Waals surface area (Å²) in [7, 11) is -1.63. The Labute approximate surface area is 88.8 Å². The molecule has 2 rings (SSSR count). The number of nitrogens with zero attached hydrogens (tertiary/aromatic N) is 1. The number of sulfonamides is 1. The molecule has 84 valence electrons. The number of aliphatic hydroxyl groups is 1. The Morgan fingerprint density at radius 1 is 1.53 bits per heavy atom. The van der Waals surface area contributed by atoms with Crippen molar-refractivity contribution in [3.63, 3.8) is 0 Å². The Kier molecular flexibility index (Phi) is 2.57. The van der Waals surface area contributed by atoms with E-state index >= 15 is 0 Å². The predicted octanol–water partition coefficient (Wildman–Crippen LogP) is -0.173. The van der Waals surface area contributed by atoms with Crippen molar-refractivity contribution in [1.82, 2.24) is 9.29 Å². The molecule has 2 N–H and O–H groups in total.